The number of anilines is 1. The SMILES string of the molecule is CCc1noc2nc(CCC(=O)N3CCCCCC3)nc(N3CCCCC3)c12. The molecule has 2 aromatic heterocycles. The lowest BCUT2D eigenvalue weighted by Gasteiger charge is -2.28. The van der Waals surface area contributed by atoms with E-state index in [9.17, 15) is 4.79 Å². The fourth-order valence-electron chi connectivity index (χ4n) is 4.32. The van der Waals surface area contributed by atoms with Crippen LogP contribution in [0.4, 0.5) is 5.82 Å². The van der Waals surface area contributed by atoms with Crippen LogP contribution in [0.3, 0.4) is 0 Å². The van der Waals surface area contributed by atoms with Crippen LogP contribution in [0.5, 0.6) is 0 Å². The molecule has 0 unspecified atom stereocenters. The first-order chi connectivity index (χ1) is 13.8. The Hall–Kier alpha value is -2.18. The minimum atomic E-state index is 0.219. The minimum Gasteiger partial charge on any atom is -0.356 e. The van der Waals surface area contributed by atoms with Crippen molar-refractivity contribution in [1.29, 1.82) is 0 Å². The summed E-state index contributed by atoms with van der Waals surface area (Å²) in [7, 11) is 0. The van der Waals surface area contributed by atoms with Crippen molar-refractivity contribution in [3.8, 4) is 0 Å². The van der Waals surface area contributed by atoms with Crippen LogP contribution in [0.15, 0.2) is 4.52 Å². The standard InChI is InChI=1S/C21H31N5O2/c1-2-16-19-20(26-14-8-5-9-15-26)22-17(23-21(19)28-24-16)10-11-18(27)25-12-6-3-4-7-13-25/h2-15H2,1H3. The molecule has 7 heteroatoms. The Kier molecular flexibility index (Phi) is 6.07. The van der Waals surface area contributed by atoms with E-state index in [1.54, 1.807) is 0 Å². The highest BCUT2D eigenvalue weighted by Gasteiger charge is 2.23. The van der Waals surface area contributed by atoms with Gasteiger partial charge in [0, 0.05) is 39.0 Å². The van der Waals surface area contributed by atoms with Crippen LogP contribution in [0.25, 0.3) is 11.1 Å². The van der Waals surface area contributed by atoms with Crippen molar-refractivity contribution >= 4 is 22.8 Å². The molecular weight excluding hydrogens is 354 g/mol. The second-order valence-electron chi connectivity index (χ2n) is 7.97. The van der Waals surface area contributed by atoms with Gasteiger partial charge in [-0.15, -0.1) is 0 Å². The van der Waals surface area contributed by atoms with E-state index in [-0.39, 0.29) is 5.91 Å². The first kappa shape index (κ1) is 19.2. The number of rotatable bonds is 5. The molecule has 0 N–H and O–H groups in total. The normalized spacial score (nSPS) is 18.5. The van der Waals surface area contributed by atoms with Gasteiger partial charge in [0.1, 0.15) is 17.0 Å². The molecule has 0 radical (unpaired) electrons. The van der Waals surface area contributed by atoms with Crippen LogP contribution in [0, 0.1) is 0 Å². The fraction of sp³-hybridized carbons (Fsp3) is 0.714. The van der Waals surface area contributed by atoms with Crippen molar-refractivity contribution in [2.75, 3.05) is 31.1 Å². The van der Waals surface area contributed by atoms with E-state index in [1.165, 1.54) is 32.1 Å². The summed E-state index contributed by atoms with van der Waals surface area (Å²) in [5.74, 6) is 1.85. The molecule has 4 rings (SSSR count). The van der Waals surface area contributed by atoms with Crippen LogP contribution in [0.2, 0.25) is 0 Å². The van der Waals surface area contributed by atoms with E-state index >= 15 is 0 Å². The summed E-state index contributed by atoms with van der Waals surface area (Å²) in [5, 5.41) is 5.16. The Labute approximate surface area is 166 Å². The summed E-state index contributed by atoms with van der Waals surface area (Å²) < 4.78 is 5.53. The largest absolute Gasteiger partial charge is 0.356 e. The van der Waals surface area contributed by atoms with Crippen molar-refractivity contribution in [3.63, 3.8) is 0 Å². The summed E-state index contributed by atoms with van der Waals surface area (Å²) in [6, 6.07) is 0. The molecule has 2 fully saturated rings. The maximum atomic E-state index is 12.6. The molecule has 7 nitrogen and oxygen atoms in total. The topological polar surface area (TPSA) is 75.4 Å². The summed E-state index contributed by atoms with van der Waals surface area (Å²) in [6.07, 6.45) is 10.1. The van der Waals surface area contributed by atoms with Gasteiger partial charge in [-0.2, -0.15) is 4.98 Å². The number of amides is 1. The van der Waals surface area contributed by atoms with Gasteiger partial charge in [0.2, 0.25) is 5.91 Å². The van der Waals surface area contributed by atoms with Crippen LogP contribution in [-0.2, 0) is 17.6 Å². The summed E-state index contributed by atoms with van der Waals surface area (Å²) in [4.78, 5) is 26.5. The summed E-state index contributed by atoms with van der Waals surface area (Å²) >= 11 is 0. The molecule has 1 amide bonds. The average Bonchev–Trinajstić information content (AvgIpc) is 2.96. The summed E-state index contributed by atoms with van der Waals surface area (Å²) in [6.45, 7) is 5.86. The van der Waals surface area contributed by atoms with Crippen molar-refractivity contribution < 1.29 is 9.32 Å². The van der Waals surface area contributed by atoms with Gasteiger partial charge in [0.25, 0.3) is 5.71 Å². The van der Waals surface area contributed by atoms with Gasteiger partial charge >= 0.3 is 0 Å². The third-order valence-electron chi connectivity index (χ3n) is 5.95. The maximum absolute atomic E-state index is 12.6. The Bertz CT molecular complexity index is 804. The Balaban J connectivity index is 1.54. The zero-order valence-corrected chi connectivity index (χ0v) is 17.0. The number of nitrogens with zero attached hydrogens (tertiary/aromatic N) is 5. The number of fused-ring (bicyclic) bond motifs is 1. The number of hydrogen-bond donors (Lipinski definition) is 0. The molecule has 0 atom stereocenters. The predicted octanol–water partition coefficient (Wildman–Crippen LogP) is 3.51. The van der Waals surface area contributed by atoms with E-state index in [0.717, 1.165) is 62.3 Å². The highest BCUT2D eigenvalue weighted by atomic mass is 16.5. The quantitative estimate of drug-likeness (QED) is 0.784. The lowest BCUT2D eigenvalue weighted by atomic mass is 10.1. The highest BCUT2D eigenvalue weighted by molar-refractivity contribution is 5.88. The lowest BCUT2D eigenvalue weighted by Crippen LogP contribution is -2.32. The Morgan fingerprint density at radius 2 is 1.64 bits per heavy atom. The van der Waals surface area contributed by atoms with E-state index in [4.69, 9.17) is 9.51 Å². The van der Waals surface area contributed by atoms with Crippen molar-refractivity contribution in [3.05, 3.63) is 11.5 Å². The van der Waals surface area contributed by atoms with Crippen LogP contribution >= 0.6 is 0 Å². The number of aromatic nitrogens is 3. The zero-order valence-electron chi connectivity index (χ0n) is 17.0. The predicted molar refractivity (Wildman–Crippen MR) is 108 cm³/mol. The fourth-order valence-corrected chi connectivity index (χ4v) is 4.32. The van der Waals surface area contributed by atoms with Gasteiger partial charge in [-0.25, -0.2) is 4.98 Å². The molecule has 28 heavy (non-hydrogen) atoms. The third-order valence-corrected chi connectivity index (χ3v) is 5.95. The van der Waals surface area contributed by atoms with Crippen LogP contribution in [-0.4, -0.2) is 52.1 Å². The van der Waals surface area contributed by atoms with Gasteiger partial charge in [0.05, 0.1) is 5.69 Å². The van der Waals surface area contributed by atoms with Gasteiger partial charge < -0.3 is 14.3 Å². The third kappa shape index (κ3) is 4.13. The molecule has 2 aromatic rings. The number of carbonyl (C=O) groups is 1. The first-order valence-corrected chi connectivity index (χ1v) is 10.9. The molecular formula is C21H31N5O2. The molecule has 0 aromatic carbocycles. The molecule has 152 valence electrons. The molecule has 2 saturated heterocycles. The Morgan fingerprint density at radius 1 is 0.964 bits per heavy atom. The molecule has 0 bridgehead atoms. The van der Waals surface area contributed by atoms with Crippen LogP contribution in [0.1, 0.15) is 69.8 Å². The summed E-state index contributed by atoms with van der Waals surface area (Å²) in [5.41, 5.74) is 1.48. The number of likely N-dealkylation sites (tertiary alicyclic amines) is 1. The van der Waals surface area contributed by atoms with Crippen molar-refractivity contribution in [2.45, 2.75) is 71.1 Å². The number of aryl methyl sites for hydroxylation is 2. The number of hydrogen-bond acceptors (Lipinski definition) is 6. The van der Waals surface area contributed by atoms with Gasteiger partial charge in [-0.1, -0.05) is 24.9 Å². The first-order valence-electron chi connectivity index (χ1n) is 10.9. The van der Waals surface area contributed by atoms with E-state index < -0.39 is 0 Å². The molecule has 0 spiro atoms. The second-order valence-corrected chi connectivity index (χ2v) is 7.97. The van der Waals surface area contributed by atoms with Gasteiger partial charge in [-0.05, 0) is 38.5 Å². The van der Waals surface area contributed by atoms with E-state index in [2.05, 4.69) is 22.0 Å². The van der Waals surface area contributed by atoms with E-state index in [0.29, 0.717) is 24.4 Å². The Morgan fingerprint density at radius 3 is 2.36 bits per heavy atom. The molecule has 2 aliphatic heterocycles. The zero-order chi connectivity index (χ0) is 19.3. The monoisotopic (exact) mass is 385 g/mol. The highest BCUT2D eigenvalue weighted by Crippen LogP contribution is 2.30. The second kappa shape index (κ2) is 8.88. The molecule has 4 heterocycles. The van der Waals surface area contributed by atoms with E-state index in [1.807, 2.05) is 4.90 Å². The van der Waals surface area contributed by atoms with Gasteiger partial charge in [-0.3, -0.25) is 4.79 Å². The van der Waals surface area contributed by atoms with Gasteiger partial charge in [0.15, 0.2) is 0 Å². The lowest BCUT2D eigenvalue weighted by molar-refractivity contribution is -0.131. The molecule has 0 aliphatic carbocycles. The van der Waals surface area contributed by atoms with Crippen molar-refractivity contribution in [1.82, 2.24) is 20.0 Å². The van der Waals surface area contributed by atoms with Crippen molar-refractivity contribution in [2.24, 2.45) is 0 Å². The number of carbonyl (C=O) groups excluding carboxylic acids is 1. The molecule has 2 aliphatic rings. The minimum absolute atomic E-state index is 0.219. The number of piperidine rings is 1. The van der Waals surface area contributed by atoms with Crippen LogP contribution < -0.4 is 4.90 Å². The average molecular weight is 386 g/mol. The smallest absolute Gasteiger partial charge is 0.263 e. The molecule has 0 saturated carbocycles. The maximum Gasteiger partial charge on any atom is 0.263 e.